The van der Waals surface area contributed by atoms with Crippen LogP contribution in [-0.2, 0) is 0 Å². The van der Waals surface area contributed by atoms with Gasteiger partial charge in [0.05, 0.1) is 13.2 Å². The van der Waals surface area contributed by atoms with Crippen molar-refractivity contribution in [2.45, 2.75) is 19.1 Å². The fourth-order valence-electron chi connectivity index (χ4n) is 1.50. The van der Waals surface area contributed by atoms with Gasteiger partial charge in [-0.05, 0) is 20.0 Å². The Morgan fingerprint density at radius 2 is 2.12 bits per heavy atom. The molecule has 0 radical (unpaired) electrons. The van der Waals surface area contributed by atoms with Crippen LogP contribution in [0.15, 0.2) is 12.1 Å². The minimum absolute atomic E-state index is 0.326. The van der Waals surface area contributed by atoms with Crippen LogP contribution in [0.4, 0.5) is 0 Å². The largest absolute Gasteiger partial charge is 0.481 e. The highest BCUT2D eigenvalue weighted by Crippen LogP contribution is 2.21. The summed E-state index contributed by atoms with van der Waals surface area (Å²) >= 11 is 0. The van der Waals surface area contributed by atoms with Crippen molar-refractivity contribution in [1.29, 1.82) is 0 Å². The summed E-state index contributed by atoms with van der Waals surface area (Å²) < 4.78 is 4.97. The van der Waals surface area contributed by atoms with E-state index in [1.54, 1.807) is 26.1 Å². The van der Waals surface area contributed by atoms with E-state index in [0.29, 0.717) is 23.7 Å². The maximum absolute atomic E-state index is 9.89. The van der Waals surface area contributed by atoms with E-state index < -0.39 is 12.2 Å². The molecule has 0 aliphatic carbocycles. The highest BCUT2D eigenvalue weighted by atomic mass is 16.5. The average molecular weight is 226 g/mol. The average Bonchev–Trinajstić information content (AvgIpc) is 2.28. The predicted molar refractivity (Wildman–Crippen MR) is 60.4 cm³/mol. The maximum Gasteiger partial charge on any atom is 0.213 e. The smallest absolute Gasteiger partial charge is 0.213 e. The van der Waals surface area contributed by atoms with E-state index >= 15 is 0 Å². The maximum atomic E-state index is 9.89. The topological polar surface area (TPSA) is 74.6 Å². The third kappa shape index (κ3) is 2.91. The summed E-state index contributed by atoms with van der Waals surface area (Å²) in [4.78, 5) is 4.14. The van der Waals surface area contributed by atoms with Gasteiger partial charge in [0.25, 0.3) is 0 Å². The Hall–Kier alpha value is -1.17. The molecular weight excluding hydrogens is 208 g/mol. The molecule has 0 saturated heterocycles. The van der Waals surface area contributed by atoms with Gasteiger partial charge in [-0.25, -0.2) is 4.98 Å². The SMILES string of the molecule is CNCC(O)C(O)c1ccc(OC)nc1C. The van der Waals surface area contributed by atoms with Crippen molar-refractivity contribution in [1.82, 2.24) is 10.3 Å². The molecule has 1 heterocycles. The number of pyridine rings is 1. The quantitative estimate of drug-likeness (QED) is 0.659. The Bertz CT molecular complexity index is 344. The zero-order chi connectivity index (χ0) is 12.1. The Morgan fingerprint density at radius 1 is 1.44 bits per heavy atom. The van der Waals surface area contributed by atoms with E-state index in [1.165, 1.54) is 7.11 Å². The third-order valence-corrected chi connectivity index (χ3v) is 2.41. The zero-order valence-corrected chi connectivity index (χ0v) is 9.77. The van der Waals surface area contributed by atoms with Crippen LogP contribution in [-0.4, -0.2) is 42.0 Å². The van der Waals surface area contributed by atoms with Gasteiger partial charge in [-0.1, -0.05) is 0 Å². The number of aromatic nitrogens is 1. The fraction of sp³-hybridized carbons (Fsp3) is 0.545. The molecule has 5 nitrogen and oxygen atoms in total. The normalized spacial score (nSPS) is 14.6. The van der Waals surface area contributed by atoms with Gasteiger partial charge in [-0.2, -0.15) is 0 Å². The van der Waals surface area contributed by atoms with Crippen molar-refractivity contribution in [3.05, 3.63) is 23.4 Å². The molecule has 0 bridgehead atoms. The number of ether oxygens (including phenoxy) is 1. The highest BCUT2D eigenvalue weighted by molar-refractivity contribution is 5.27. The number of rotatable bonds is 5. The van der Waals surface area contributed by atoms with Gasteiger partial charge in [-0.15, -0.1) is 0 Å². The lowest BCUT2D eigenvalue weighted by molar-refractivity contribution is 0.0196. The Kier molecular flexibility index (Phi) is 4.67. The predicted octanol–water partition coefficient (Wildman–Crippen LogP) is 0.0123. The zero-order valence-electron chi connectivity index (χ0n) is 9.77. The van der Waals surface area contributed by atoms with E-state index in [2.05, 4.69) is 10.3 Å². The molecule has 90 valence electrons. The van der Waals surface area contributed by atoms with Gasteiger partial charge in [0, 0.05) is 23.9 Å². The van der Waals surface area contributed by atoms with Gasteiger partial charge >= 0.3 is 0 Å². The van der Waals surface area contributed by atoms with E-state index in [9.17, 15) is 10.2 Å². The minimum atomic E-state index is -0.939. The molecule has 0 fully saturated rings. The van der Waals surface area contributed by atoms with Crippen molar-refractivity contribution in [3.63, 3.8) is 0 Å². The first-order chi connectivity index (χ1) is 7.60. The van der Waals surface area contributed by atoms with Crippen LogP contribution in [0.2, 0.25) is 0 Å². The van der Waals surface area contributed by atoms with Crippen LogP contribution < -0.4 is 10.1 Å². The van der Waals surface area contributed by atoms with Gasteiger partial charge in [0.1, 0.15) is 6.10 Å². The standard InChI is InChI=1S/C11H18N2O3/c1-7-8(4-5-10(13-7)16-3)11(15)9(14)6-12-2/h4-5,9,11-12,14-15H,6H2,1-3H3. The van der Waals surface area contributed by atoms with Gasteiger partial charge in [-0.3, -0.25) is 0 Å². The first-order valence-corrected chi connectivity index (χ1v) is 5.12. The lowest BCUT2D eigenvalue weighted by atomic mass is 10.0. The number of aliphatic hydroxyl groups excluding tert-OH is 2. The molecule has 0 spiro atoms. The molecule has 0 aliphatic heterocycles. The molecule has 0 aliphatic rings. The summed E-state index contributed by atoms with van der Waals surface area (Å²) in [6.45, 7) is 2.10. The summed E-state index contributed by atoms with van der Waals surface area (Å²) in [5, 5.41) is 22.3. The molecule has 5 heteroatoms. The van der Waals surface area contributed by atoms with Crippen molar-refractivity contribution in [3.8, 4) is 5.88 Å². The summed E-state index contributed by atoms with van der Waals surface area (Å²) in [5.41, 5.74) is 1.27. The molecule has 16 heavy (non-hydrogen) atoms. The number of hydrogen-bond donors (Lipinski definition) is 3. The van der Waals surface area contributed by atoms with Crippen molar-refractivity contribution < 1.29 is 14.9 Å². The van der Waals surface area contributed by atoms with Crippen molar-refractivity contribution >= 4 is 0 Å². The first-order valence-electron chi connectivity index (χ1n) is 5.12. The van der Waals surface area contributed by atoms with Crippen LogP contribution in [0.5, 0.6) is 5.88 Å². The molecule has 1 aromatic heterocycles. The van der Waals surface area contributed by atoms with Gasteiger partial charge in [0.2, 0.25) is 5.88 Å². The number of nitrogens with one attached hydrogen (secondary N) is 1. The summed E-state index contributed by atoms with van der Waals surface area (Å²) in [6, 6.07) is 3.38. The second-order valence-electron chi connectivity index (χ2n) is 3.60. The van der Waals surface area contributed by atoms with Gasteiger partial charge < -0.3 is 20.3 Å². The van der Waals surface area contributed by atoms with Crippen molar-refractivity contribution in [2.24, 2.45) is 0 Å². The molecule has 1 rings (SSSR count). The van der Waals surface area contributed by atoms with Gasteiger partial charge in [0.15, 0.2) is 0 Å². The van der Waals surface area contributed by atoms with E-state index in [-0.39, 0.29) is 0 Å². The molecule has 0 amide bonds. The van der Waals surface area contributed by atoms with Crippen LogP contribution >= 0.6 is 0 Å². The Balaban J connectivity index is 2.87. The Morgan fingerprint density at radius 3 is 2.62 bits per heavy atom. The number of aryl methyl sites for hydroxylation is 1. The summed E-state index contributed by atoms with van der Waals surface area (Å²) in [5.74, 6) is 0.497. The van der Waals surface area contributed by atoms with Crippen LogP contribution in [0.25, 0.3) is 0 Å². The molecular formula is C11H18N2O3. The van der Waals surface area contributed by atoms with E-state index in [1.807, 2.05) is 0 Å². The molecule has 2 unspecified atom stereocenters. The van der Waals surface area contributed by atoms with Crippen molar-refractivity contribution in [2.75, 3.05) is 20.7 Å². The number of aliphatic hydroxyl groups is 2. The van der Waals surface area contributed by atoms with E-state index in [0.717, 1.165) is 0 Å². The van der Waals surface area contributed by atoms with E-state index in [4.69, 9.17) is 4.74 Å². The fourth-order valence-corrected chi connectivity index (χ4v) is 1.50. The Labute approximate surface area is 95.1 Å². The second-order valence-corrected chi connectivity index (χ2v) is 3.60. The summed E-state index contributed by atoms with van der Waals surface area (Å²) in [7, 11) is 3.25. The summed E-state index contributed by atoms with van der Waals surface area (Å²) in [6.07, 6.45) is -1.79. The van der Waals surface area contributed by atoms with Crippen LogP contribution in [0.3, 0.4) is 0 Å². The monoisotopic (exact) mass is 226 g/mol. The molecule has 0 aromatic carbocycles. The third-order valence-electron chi connectivity index (χ3n) is 2.41. The number of methoxy groups -OCH3 is 1. The minimum Gasteiger partial charge on any atom is -0.481 e. The number of likely N-dealkylation sites (N-methyl/N-ethyl adjacent to an activating group) is 1. The second kappa shape index (κ2) is 5.79. The molecule has 3 N–H and O–H groups in total. The lowest BCUT2D eigenvalue weighted by Crippen LogP contribution is -2.30. The van der Waals surface area contributed by atoms with Crippen LogP contribution in [0.1, 0.15) is 17.4 Å². The molecule has 1 aromatic rings. The lowest BCUT2D eigenvalue weighted by Gasteiger charge is -2.19. The highest BCUT2D eigenvalue weighted by Gasteiger charge is 2.20. The molecule has 2 atom stereocenters. The van der Waals surface area contributed by atoms with Crippen LogP contribution in [0, 0.1) is 6.92 Å². The number of nitrogens with zero attached hydrogens (tertiary/aromatic N) is 1. The first kappa shape index (κ1) is 12.9. The number of hydrogen-bond acceptors (Lipinski definition) is 5. The molecule has 0 saturated carbocycles.